The minimum atomic E-state index is 0.402. The predicted octanol–water partition coefficient (Wildman–Crippen LogP) is 0.869. The zero-order chi connectivity index (χ0) is 14.8. The Morgan fingerprint density at radius 2 is 2.00 bits per heavy atom. The molecular formula is C16H25BN2O2. The van der Waals surface area contributed by atoms with Crippen LogP contribution in [0.25, 0.3) is 0 Å². The summed E-state index contributed by atoms with van der Waals surface area (Å²) in [5.74, 6) is 1.05. The van der Waals surface area contributed by atoms with Gasteiger partial charge in [0.1, 0.15) is 12.4 Å². The smallest absolute Gasteiger partial charge is 0.185 e. The highest BCUT2D eigenvalue weighted by Gasteiger charge is 2.26. The Hall–Kier alpha value is -1.20. The van der Waals surface area contributed by atoms with E-state index in [2.05, 4.69) is 36.7 Å². The molecule has 1 atom stereocenters. The lowest BCUT2D eigenvalue weighted by Crippen LogP contribution is -2.43. The Morgan fingerprint density at radius 1 is 1.29 bits per heavy atom. The lowest BCUT2D eigenvalue weighted by molar-refractivity contribution is 0.195. The third-order valence-corrected chi connectivity index (χ3v) is 4.66. The van der Waals surface area contributed by atoms with Crippen LogP contribution in [0.5, 0.6) is 5.75 Å². The average Bonchev–Trinajstić information content (AvgIpc) is 2.67. The molecule has 3 rings (SSSR count). The van der Waals surface area contributed by atoms with E-state index in [0.29, 0.717) is 6.04 Å². The van der Waals surface area contributed by atoms with Crippen molar-refractivity contribution in [2.45, 2.75) is 25.8 Å². The van der Waals surface area contributed by atoms with Gasteiger partial charge in [-0.25, -0.2) is 0 Å². The summed E-state index contributed by atoms with van der Waals surface area (Å²) in [5, 5.41) is 0. The lowest BCUT2D eigenvalue weighted by atomic mass is 9.99. The Kier molecular flexibility index (Phi) is 4.41. The van der Waals surface area contributed by atoms with E-state index in [4.69, 9.17) is 9.47 Å². The molecule has 0 radical (unpaired) electrons. The molecule has 4 nitrogen and oxygen atoms in total. The van der Waals surface area contributed by atoms with E-state index in [9.17, 15) is 0 Å². The van der Waals surface area contributed by atoms with Crippen LogP contribution < -0.4 is 9.64 Å². The summed E-state index contributed by atoms with van der Waals surface area (Å²) in [6, 6.07) is 5.03. The van der Waals surface area contributed by atoms with Gasteiger partial charge in [-0.3, -0.25) is 0 Å². The number of benzene rings is 1. The molecule has 1 aromatic carbocycles. The number of methoxy groups -OCH3 is 1. The van der Waals surface area contributed by atoms with Crippen LogP contribution in [0.4, 0.5) is 5.69 Å². The molecule has 114 valence electrons. The van der Waals surface area contributed by atoms with Crippen LogP contribution in [0.15, 0.2) is 12.1 Å². The molecule has 2 aliphatic heterocycles. The van der Waals surface area contributed by atoms with Gasteiger partial charge in [-0.1, -0.05) is 0 Å². The fourth-order valence-electron chi connectivity index (χ4n) is 3.26. The van der Waals surface area contributed by atoms with Gasteiger partial charge < -0.3 is 19.2 Å². The fraction of sp³-hybridized carbons (Fsp3) is 0.625. The third kappa shape index (κ3) is 3.04. The first-order valence-corrected chi connectivity index (χ1v) is 7.91. The zero-order valence-corrected chi connectivity index (χ0v) is 13.4. The number of rotatable bonds is 3. The Bertz CT molecular complexity index is 509. The maximum Gasteiger partial charge on any atom is 0.185 e. The molecule has 0 aromatic heterocycles. The molecule has 5 heteroatoms. The summed E-state index contributed by atoms with van der Waals surface area (Å²) in [6.45, 7) is 6.93. The van der Waals surface area contributed by atoms with Crippen molar-refractivity contribution in [3.05, 3.63) is 23.3 Å². The largest absolute Gasteiger partial charge is 0.489 e. The highest BCUT2D eigenvalue weighted by Crippen LogP contribution is 2.37. The van der Waals surface area contributed by atoms with Crippen LogP contribution in [-0.4, -0.2) is 58.8 Å². The maximum atomic E-state index is 5.98. The van der Waals surface area contributed by atoms with E-state index >= 15 is 0 Å². The van der Waals surface area contributed by atoms with Crippen molar-refractivity contribution in [2.24, 2.45) is 0 Å². The van der Waals surface area contributed by atoms with Crippen LogP contribution in [0.1, 0.15) is 18.1 Å². The lowest BCUT2D eigenvalue weighted by Gasteiger charge is -2.37. The summed E-state index contributed by atoms with van der Waals surface area (Å²) < 4.78 is 11.2. The van der Waals surface area contributed by atoms with Gasteiger partial charge in [0.15, 0.2) is 7.98 Å². The van der Waals surface area contributed by atoms with Crippen molar-refractivity contribution in [1.82, 2.24) is 4.81 Å². The van der Waals surface area contributed by atoms with E-state index in [0.717, 1.165) is 51.4 Å². The molecule has 1 aromatic rings. The minimum absolute atomic E-state index is 0.402. The number of fused-ring (bicyclic) bond motifs is 2. The van der Waals surface area contributed by atoms with Crippen LogP contribution >= 0.6 is 0 Å². The topological polar surface area (TPSA) is 24.9 Å². The first-order valence-electron chi connectivity index (χ1n) is 7.91. The van der Waals surface area contributed by atoms with E-state index in [1.165, 1.54) is 16.8 Å². The Balaban J connectivity index is 1.92. The average molecular weight is 288 g/mol. The standard InChI is InChI=1S/C16H25BN2O2/c1-12-11-21-16-10-14-4-6-18(17)5-3-13(14)9-15(16)19(12)7-8-20-2/h9-10,12H,3-8,11,17H2,1-2H3/t12-/m1/s1. The summed E-state index contributed by atoms with van der Waals surface area (Å²) in [4.78, 5) is 4.84. The summed E-state index contributed by atoms with van der Waals surface area (Å²) in [5.41, 5.74) is 4.19. The molecule has 0 fully saturated rings. The van der Waals surface area contributed by atoms with Gasteiger partial charge in [-0.05, 0) is 56.1 Å². The molecular weight excluding hydrogens is 263 g/mol. The molecule has 2 heterocycles. The molecule has 0 N–H and O–H groups in total. The van der Waals surface area contributed by atoms with Crippen molar-refractivity contribution in [1.29, 1.82) is 0 Å². The van der Waals surface area contributed by atoms with Crippen LogP contribution in [0.2, 0.25) is 0 Å². The number of anilines is 1. The molecule has 0 aliphatic carbocycles. The molecule has 0 bridgehead atoms. The monoisotopic (exact) mass is 288 g/mol. The summed E-state index contributed by atoms with van der Waals surface area (Å²) >= 11 is 0. The van der Waals surface area contributed by atoms with Crippen molar-refractivity contribution >= 4 is 13.7 Å². The Morgan fingerprint density at radius 3 is 2.71 bits per heavy atom. The molecule has 0 amide bonds. The second-order valence-electron chi connectivity index (χ2n) is 6.24. The van der Waals surface area contributed by atoms with Crippen molar-refractivity contribution in [2.75, 3.05) is 44.9 Å². The van der Waals surface area contributed by atoms with Crippen LogP contribution in [0.3, 0.4) is 0 Å². The normalized spacial score (nSPS) is 22.2. The molecule has 0 unspecified atom stereocenters. The molecule has 21 heavy (non-hydrogen) atoms. The van der Waals surface area contributed by atoms with Gasteiger partial charge in [0.25, 0.3) is 0 Å². The SMILES string of the molecule is BN1CCc2cc3c(cc2CC1)N(CCOC)[C@H](C)CO3. The summed E-state index contributed by atoms with van der Waals surface area (Å²) in [7, 11) is 3.97. The second kappa shape index (κ2) is 6.28. The maximum absolute atomic E-state index is 5.98. The quantitative estimate of drug-likeness (QED) is 0.771. The van der Waals surface area contributed by atoms with Crippen LogP contribution in [-0.2, 0) is 17.6 Å². The first kappa shape index (κ1) is 14.7. The minimum Gasteiger partial charge on any atom is -0.489 e. The number of nitrogens with zero attached hydrogens (tertiary/aromatic N) is 2. The first-order chi connectivity index (χ1) is 10.2. The number of hydrogen-bond donors (Lipinski definition) is 0. The van der Waals surface area contributed by atoms with Crippen molar-refractivity contribution in [3.63, 3.8) is 0 Å². The van der Waals surface area contributed by atoms with E-state index in [1.54, 1.807) is 7.11 Å². The predicted molar refractivity (Wildman–Crippen MR) is 88.1 cm³/mol. The van der Waals surface area contributed by atoms with Gasteiger partial charge in [0.2, 0.25) is 0 Å². The van der Waals surface area contributed by atoms with E-state index in [1.807, 2.05) is 0 Å². The van der Waals surface area contributed by atoms with E-state index < -0.39 is 0 Å². The Labute approximate surface area is 128 Å². The fourth-order valence-corrected chi connectivity index (χ4v) is 3.26. The highest BCUT2D eigenvalue weighted by atomic mass is 16.5. The second-order valence-corrected chi connectivity index (χ2v) is 6.24. The van der Waals surface area contributed by atoms with Crippen molar-refractivity contribution in [3.8, 4) is 5.75 Å². The number of hydrogen-bond acceptors (Lipinski definition) is 4. The molecule has 0 saturated carbocycles. The van der Waals surface area contributed by atoms with Gasteiger partial charge in [-0.2, -0.15) is 0 Å². The van der Waals surface area contributed by atoms with Gasteiger partial charge in [0.05, 0.1) is 18.3 Å². The van der Waals surface area contributed by atoms with Gasteiger partial charge >= 0.3 is 0 Å². The summed E-state index contributed by atoms with van der Waals surface area (Å²) in [6.07, 6.45) is 2.25. The highest BCUT2D eigenvalue weighted by molar-refractivity contribution is 6.04. The van der Waals surface area contributed by atoms with Gasteiger partial charge in [-0.15, -0.1) is 0 Å². The van der Waals surface area contributed by atoms with E-state index in [-0.39, 0.29) is 0 Å². The number of ether oxygens (including phenoxy) is 2. The van der Waals surface area contributed by atoms with Crippen molar-refractivity contribution < 1.29 is 9.47 Å². The third-order valence-electron chi connectivity index (χ3n) is 4.66. The molecule has 2 aliphatic rings. The molecule has 0 spiro atoms. The molecule has 0 saturated heterocycles. The van der Waals surface area contributed by atoms with Crippen LogP contribution in [0, 0.1) is 0 Å². The zero-order valence-electron chi connectivity index (χ0n) is 13.4. The van der Waals surface area contributed by atoms with Gasteiger partial charge in [0, 0.05) is 13.7 Å².